The number of carboxylic acid groups (broad SMARTS) is 1. The van der Waals surface area contributed by atoms with Gasteiger partial charge >= 0.3 is 5.97 Å². The van der Waals surface area contributed by atoms with Crippen LogP contribution < -0.4 is 5.32 Å². The molecule has 2 aromatic rings. The van der Waals surface area contributed by atoms with E-state index in [2.05, 4.69) is 5.32 Å². The molecule has 1 unspecified atom stereocenters. The van der Waals surface area contributed by atoms with Crippen LogP contribution in [0.1, 0.15) is 28.4 Å². The molecule has 0 saturated heterocycles. The predicted octanol–water partition coefficient (Wildman–Crippen LogP) is 3.77. The average molecular weight is 371 g/mol. The molecule has 0 saturated carbocycles. The highest BCUT2D eigenvalue weighted by molar-refractivity contribution is 8.13. The van der Waals surface area contributed by atoms with E-state index in [1.54, 1.807) is 13.0 Å². The third kappa shape index (κ3) is 5.74. The van der Waals surface area contributed by atoms with Gasteiger partial charge in [0, 0.05) is 18.4 Å². The Balaban J connectivity index is 2.18. The molecular formula is C20H21NO4S. The fraction of sp³-hybridized carbons (Fsp3) is 0.250. The summed E-state index contributed by atoms with van der Waals surface area (Å²) < 4.78 is 0. The van der Waals surface area contributed by atoms with E-state index in [4.69, 9.17) is 5.11 Å². The van der Waals surface area contributed by atoms with Gasteiger partial charge in [-0.25, -0.2) is 4.79 Å². The molecule has 2 rings (SSSR count). The van der Waals surface area contributed by atoms with E-state index >= 15 is 0 Å². The largest absolute Gasteiger partial charge is 0.478 e. The zero-order valence-electron chi connectivity index (χ0n) is 14.7. The number of aromatic carboxylic acids is 1. The average Bonchev–Trinajstić information content (AvgIpc) is 2.60. The van der Waals surface area contributed by atoms with Crippen LogP contribution in [-0.2, 0) is 16.0 Å². The van der Waals surface area contributed by atoms with Crippen LogP contribution in [0.25, 0.3) is 0 Å². The highest BCUT2D eigenvalue weighted by atomic mass is 32.2. The third-order valence-corrected chi connectivity index (χ3v) is 4.90. The van der Waals surface area contributed by atoms with Gasteiger partial charge in [0.2, 0.25) is 5.91 Å². The number of nitrogens with one attached hydrogen (secondary N) is 1. The summed E-state index contributed by atoms with van der Waals surface area (Å²) >= 11 is 1.12. The Morgan fingerprint density at radius 1 is 1.12 bits per heavy atom. The van der Waals surface area contributed by atoms with Crippen LogP contribution in [-0.4, -0.2) is 27.9 Å². The van der Waals surface area contributed by atoms with Crippen molar-refractivity contribution in [1.29, 1.82) is 0 Å². The molecule has 0 aliphatic heterocycles. The van der Waals surface area contributed by atoms with Crippen LogP contribution in [0.15, 0.2) is 48.5 Å². The van der Waals surface area contributed by atoms with Crippen molar-refractivity contribution in [3.63, 3.8) is 0 Å². The molecule has 2 aromatic carbocycles. The minimum atomic E-state index is -1.05. The van der Waals surface area contributed by atoms with Gasteiger partial charge in [0.05, 0.1) is 11.5 Å². The molecular weight excluding hydrogens is 350 g/mol. The van der Waals surface area contributed by atoms with E-state index in [0.29, 0.717) is 17.9 Å². The summed E-state index contributed by atoms with van der Waals surface area (Å²) in [6.07, 6.45) is 0.505. The molecule has 0 aromatic heterocycles. The molecule has 0 heterocycles. The molecule has 0 aliphatic rings. The lowest BCUT2D eigenvalue weighted by atomic mass is 9.99. The lowest BCUT2D eigenvalue weighted by Gasteiger charge is -2.17. The molecule has 6 heteroatoms. The summed E-state index contributed by atoms with van der Waals surface area (Å²) in [5, 5.41) is 11.9. The minimum absolute atomic E-state index is 0.0417. The molecule has 0 bridgehead atoms. The van der Waals surface area contributed by atoms with Gasteiger partial charge in [0.25, 0.3) is 0 Å². The van der Waals surface area contributed by atoms with Gasteiger partial charge < -0.3 is 10.4 Å². The van der Waals surface area contributed by atoms with Crippen molar-refractivity contribution in [1.82, 2.24) is 0 Å². The van der Waals surface area contributed by atoms with Crippen LogP contribution in [0.4, 0.5) is 5.69 Å². The van der Waals surface area contributed by atoms with Crippen molar-refractivity contribution in [3.8, 4) is 0 Å². The molecule has 1 atom stereocenters. The number of thioether (sulfide) groups is 1. The summed E-state index contributed by atoms with van der Waals surface area (Å²) in [5.41, 5.74) is 2.37. The molecule has 136 valence electrons. The Bertz CT molecular complexity index is 805. The van der Waals surface area contributed by atoms with Crippen molar-refractivity contribution in [2.24, 2.45) is 5.92 Å². The predicted molar refractivity (Wildman–Crippen MR) is 104 cm³/mol. The van der Waals surface area contributed by atoms with Crippen molar-refractivity contribution in [3.05, 3.63) is 65.2 Å². The first-order valence-electron chi connectivity index (χ1n) is 8.19. The maximum Gasteiger partial charge on any atom is 0.335 e. The van der Waals surface area contributed by atoms with E-state index in [-0.39, 0.29) is 16.6 Å². The molecule has 2 N–H and O–H groups in total. The monoisotopic (exact) mass is 371 g/mol. The Hall–Kier alpha value is -2.60. The summed E-state index contributed by atoms with van der Waals surface area (Å²) in [6.45, 7) is 3.28. The first-order chi connectivity index (χ1) is 12.4. The number of carbonyl (C=O) groups excluding carboxylic acids is 2. The highest BCUT2D eigenvalue weighted by Crippen LogP contribution is 2.21. The van der Waals surface area contributed by atoms with Crippen molar-refractivity contribution in [2.45, 2.75) is 20.3 Å². The summed E-state index contributed by atoms with van der Waals surface area (Å²) in [6, 6.07) is 14.2. The van der Waals surface area contributed by atoms with Crippen LogP contribution in [0.5, 0.6) is 0 Å². The molecule has 1 amide bonds. The fourth-order valence-electron chi connectivity index (χ4n) is 2.47. The molecule has 26 heavy (non-hydrogen) atoms. The van der Waals surface area contributed by atoms with Gasteiger partial charge in [0.15, 0.2) is 5.12 Å². The van der Waals surface area contributed by atoms with Gasteiger partial charge in [0.1, 0.15) is 0 Å². The van der Waals surface area contributed by atoms with E-state index in [1.807, 2.05) is 30.3 Å². The van der Waals surface area contributed by atoms with Crippen LogP contribution >= 0.6 is 11.8 Å². The zero-order chi connectivity index (χ0) is 19.1. The second kappa shape index (κ2) is 9.20. The molecule has 0 fully saturated rings. The molecule has 0 radical (unpaired) electrons. The van der Waals surface area contributed by atoms with E-state index < -0.39 is 11.9 Å². The number of rotatable bonds is 7. The highest BCUT2D eigenvalue weighted by Gasteiger charge is 2.21. The van der Waals surface area contributed by atoms with Crippen molar-refractivity contribution < 1.29 is 19.5 Å². The Kier molecular flexibility index (Phi) is 6.97. The fourth-order valence-corrected chi connectivity index (χ4v) is 3.17. The maximum atomic E-state index is 12.8. The first-order valence-corrected chi connectivity index (χ1v) is 9.17. The second-order valence-electron chi connectivity index (χ2n) is 6.01. The number of amides is 1. The van der Waals surface area contributed by atoms with E-state index in [0.717, 1.165) is 22.9 Å². The Morgan fingerprint density at radius 3 is 2.42 bits per heavy atom. The number of benzene rings is 2. The molecule has 0 spiro atoms. The quantitative estimate of drug-likeness (QED) is 0.774. The van der Waals surface area contributed by atoms with Gasteiger partial charge in [-0.2, -0.15) is 0 Å². The van der Waals surface area contributed by atoms with Crippen molar-refractivity contribution >= 4 is 34.4 Å². The normalized spacial score (nSPS) is 11.6. The number of anilines is 1. The Morgan fingerprint density at radius 2 is 1.81 bits per heavy atom. The van der Waals surface area contributed by atoms with Crippen LogP contribution in [0, 0.1) is 12.8 Å². The lowest BCUT2D eigenvalue weighted by Crippen LogP contribution is -2.27. The SMILES string of the molecule is CC(=O)SCC(Cc1ccccc1)C(=O)Nc1cc(C(=O)O)ccc1C. The number of carbonyl (C=O) groups is 3. The van der Waals surface area contributed by atoms with Crippen molar-refractivity contribution in [2.75, 3.05) is 11.1 Å². The third-order valence-electron chi connectivity index (χ3n) is 3.93. The molecule has 0 aliphatic carbocycles. The zero-order valence-corrected chi connectivity index (χ0v) is 15.5. The minimum Gasteiger partial charge on any atom is -0.478 e. The lowest BCUT2D eigenvalue weighted by molar-refractivity contribution is -0.119. The standard InChI is InChI=1S/C20H21NO4S/c1-13-8-9-16(20(24)25)11-18(13)21-19(23)17(12-26-14(2)22)10-15-6-4-3-5-7-15/h3-9,11,17H,10,12H2,1-2H3,(H,21,23)(H,24,25). The van der Waals surface area contributed by atoms with Gasteiger partial charge in [-0.1, -0.05) is 48.2 Å². The first kappa shape index (κ1) is 19.7. The smallest absolute Gasteiger partial charge is 0.335 e. The second-order valence-corrected chi connectivity index (χ2v) is 7.21. The van der Waals surface area contributed by atoms with Crippen LogP contribution in [0.3, 0.4) is 0 Å². The summed E-state index contributed by atoms with van der Waals surface area (Å²) in [4.78, 5) is 35.3. The van der Waals surface area contributed by atoms with Gasteiger partial charge in [-0.15, -0.1) is 0 Å². The maximum absolute atomic E-state index is 12.8. The number of carboxylic acids is 1. The van der Waals surface area contributed by atoms with E-state index in [9.17, 15) is 14.4 Å². The molecule has 5 nitrogen and oxygen atoms in total. The van der Waals surface area contributed by atoms with E-state index in [1.165, 1.54) is 19.1 Å². The summed E-state index contributed by atoms with van der Waals surface area (Å²) in [5.74, 6) is -1.31. The van der Waals surface area contributed by atoms with Gasteiger partial charge in [-0.05, 0) is 36.6 Å². The van der Waals surface area contributed by atoms with Crippen LogP contribution in [0.2, 0.25) is 0 Å². The van der Waals surface area contributed by atoms with Gasteiger partial charge in [-0.3, -0.25) is 9.59 Å². The topological polar surface area (TPSA) is 83.5 Å². The number of hydrogen-bond donors (Lipinski definition) is 2. The summed E-state index contributed by atoms with van der Waals surface area (Å²) in [7, 11) is 0. The number of aryl methyl sites for hydroxylation is 1. The Labute approximate surface area is 156 Å². The number of hydrogen-bond acceptors (Lipinski definition) is 4.